The Bertz CT molecular complexity index is 354. The molecule has 1 N–H and O–H groups in total. The van der Waals surface area contributed by atoms with E-state index < -0.39 is 11.7 Å². The second-order valence-electron chi connectivity index (χ2n) is 5.70. The highest BCUT2D eigenvalue weighted by atomic mass is 16.6. The van der Waals surface area contributed by atoms with Crippen LogP contribution in [-0.2, 0) is 9.53 Å². The van der Waals surface area contributed by atoms with Crippen LogP contribution < -0.4 is 5.32 Å². The van der Waals surface area contributed by atoms with Crippen LogP contribution in [0.1, 0.15) is 46.5 Å². The Balaban J connectivity index is 2.34. The molecule has 1 fully saturated rings. The summed E-state index contributed by atoms with van der Waals surface area (Å²) < 4.78 is 5.19. The average molecular weight is 251 g/mol. The van der Waals surface area contributed by atoms with E-state index in [0.717, 1.165) is 25.7 Å². The van der Waals surface area contributed by atoms with Crippen LogP contribution in [0.2, 0.25) is 0 Å². The van der Waals surface area contributed by atoms with Gasteiger partial charge in [0, 0.05) is 12.0 Å². The SMILES string of the molecule is C#CC(=O)[C@H]1CC[C@@H](NC(=O)OC(C)(C)C)CC1. The maximum atomic E-state index is 11.6. The zero-order chi connectivity index (χ0) is 13.8. The Morgan fingerprint density at radius 3 is 2.22 bits per heavy atom. The maximum absolute atomic E-state index is 11.6. The van der Waals surface area contributed by atoms with Crippen molar-refractivity contribution >= 4 is 11.9 Å². The van der Waals surface area contributed by atoms with E-state index in [0.29, 0.717) is 0 Å². The normalized spacial score (nSPS) is 23.9. The second-order valence-corrected chi connectivity index (χ2v) is 5.70. The number of rotatable bonds is 2. The molecule has 1 aliphatic carbocycles. The Hall–Kier alpha value is -1.50. The summed E-state index contributed by atoms with van der Waals surface area (Å²) in [6.45, 7) is 5.49. The van der Waals surface area contributed by atoms with Crippen LogP contribution in [0.4, 0.5) is 4.79 Å². The first-order valence-electron chi connectivity index (χ1n) is 6.32. The molecule has 1 aliphatic rings. The van der Waals surface area contributed by atoms with Crippen molar-refractivity contribution < 1.29 is 14.3 Å². The summed E-state index contributed by atoms with van der Waals surface area (Å²) in [5, 5.41) is 2.83. The van der Waals surface area contributed by atoms with Crippen molar-refractivity contribution in [2.75, 3.05) is 0 Å². The van der Waals surface area contributed by atoms with Crippen molar-refractivity contribution in [1.29, 1.82) is 0 Å². The highest BCUT2D eigenvalue weighted by Gasteiger charge is 2.27. The van der Waals surface area contributed by atoms with Gasteiger partial charge in [-0.1, -0.05) is 0 Å². The zero-order valence-electron chi connectivity index (χ0n) is 11.3. The zero-order valence-corrected chi connectivity index (χ0v) is 11.3. The third-order valence-corrected chi connectivity index (χ3v) is 2.96. The van der Waals surface area contributed by atoms with Crippen LogP contribution in [0.15, 0.2) is 0 Å². The van der Waals surface area contributed by atoms with Crippen LogP contribution >= 0.6 is 0 Å². The fraction of sp³-hybridized carbons (Fsp3) is 0.714. The lowest BCUT2D eigenvalue weighted by atomic mass is 9.84. The van der Waals surface area contributed by atoms with Gasteiger partial charge in [0.1, 0.15) is 5.60 Å². The number of nitrogens with one attached hydrogen (secondary N) is 1. The largest absolute Gasteiger partial charge is 0.444 e. The second kappa shape index (κ2) is 5.90. The summed E-state index contributed by atoms with van der Waals surface area (Å²) in [5.41, 5.74) is -0.485. The van der Waals surface area contributed by atoms with E-state index in [4.69, 9.17) is 11.2 Å². The number of hydrogen-bond donors (Lipinski definition) is 1. The van der Waals surface area contributed by atoms with E-state index in [1.54, 1.807) is 0 Å². The van der Waals surface area contributed by atoms with Gasteiger partial charge in [0.2, 0.25) is 5.78 Å². The van der Waals surface area contributed by atoms with E-state index >= 15 is 0 Å². The molecule has 0 bridgehead atoms. The Morgan fingerprint density at radius 1 is 1.22 bits per heavy atom. The van der Waals surface area contributed by atoms with Gasteiger partial charge in [-0.2, -0.15) is 0 Å². The smallest absolute Gasteiger partial charge is 0.407 e. The van der Waals surface area contributed by atoms with Crippen LogP contribution in [0.5, 0.6) is 0 Å². The highest BCUT2D eigenvalue weighted by molar-refractivity contribution is 5.96. The summed E-state index contributed by atoms with van der Waals surface area (Å²) in [4.78, 5) is 22.9. The van der Waals surface area contributed by atoms with Crippen molar-refractivity contribution in [2.45, 2.75) is 58.1 Å². The molecule has 0 atom stereocenters. The molecule has 100 valence electrons. The summed E-state index contributed by atoms with van der Waals surface area (Å²) in [6, 6.07) is 0.0849. The van der Waals surface area contributed by atoms with Crippen molar-refractivity contribution in [3.8, 4) is 12.3 Å². The monoisotopic (exact) mass is 251 g/mol. The minimum Gasteiger partial charge on any atom is -0.444 e. The van der Waals surface area contributed by atoms with Gasteiger partial charge >= 0.3 is 6.09 Å². The van der Waals surface area contributed by atoms with Crippen LogP contribution in [0, 0.1) is 18.3 Å². The maximum Gasteiger partial charge on any atom is 0.407 e. The van der Waals surface area contributed by atoms with Crippen molar-refractivity contribution in [3.63, 3.8) is 0 Å². The summed E-state index contributed by atoms with van der Waals surface area (Å²) >= 11 is 0. The minimum absolute atomic E-state index is 0.0355. The average Bonchev–Trinajstić information content (AvgIpc) is 2.26. The van der Waals surface area contributed by atoms with Crippen molar-refractivity contribution in [2.24, 2.45) is 5.92 Å². The van der Waals surface area contributed by atoms with E-state index in [2.05, 4.69) is 11.2 Å². The standard InChI is InChI=1S/C14H21NO3/c1-5-12(16)10-6-8-11(9-7-10)15-13(17)18-14(2,3)4/h1,10-11H,6-9H2,2-4H3,(H,15,17)/t10-,11+. The van der Waals surface area contributed by atoms with Gasteiger partial charge in [-0.25, -0.2) is 4.79 Å². The Labute approximate surface area is 108 Å². The molecule has 1 rings (SSSR count). The molecule has 0 aromatic heterocycles. The van der Waals surface area contributed by atoms with Crippen LogP contribution in [0.25, 0.3) is 0 Å². The quantitative estimate of drug-likeness (QED) is 0.605. The van der Waals surface area contributed by atoms with Gasteiger partial charge in [-0.05, 0) is 52.4 Å². The molecule has 4 nitrogen and oxygen atoms in total. The first-order chi connectivity index (χ1) is 8.31. The van der Waals surface area contributed by atoms with E-state index in [9.17, 15) is 9.59 Å². The molecular formula is C14H21NO3. The molecule has 0 aliphatic heterocycles. The molecule has 0 spiro atoms. The number of amides is 1. The lowest BCUT2D eigenvalue weighted by Crippen LogP contribution is -2.41. The molecule has 18 heavy (non-hydrogen) atoms. The van der Waals surface area contributed by atoms with Gasteiger partial charge in [0.25, 0.3) is 0 Å². The molecule has 0 heterocycles. The molecule has 0 radical (unpaired) electrons. The van der Waals surface area contributed by atoms with Crippen LogP contribution in [0.3, 0.4) is 0 Å². The molecule has 0 aromatic carbocycles. The minimum atomic E-state index is -0.485. The first-order valence-corrected chi connectivity index (χ1v) is 6.32. The fourth-order valence-electron chi connectivity index (χ4n) is 2.09. The fourth-order valence-corrected chi connectivity index (χ4v) is 2.09. The van der Waals surface area contributed by atoms with Crippen molar-refractivity contribution in [3.05, 3.63) is 0 Å². The third kappa shape index (κ3) is 4.79. The number of hydrogen-bond acceptors (Lipinski definition) is 3. The van der Waals surface area contributed by atoms with Crippen molar-refractivity contribution in [1.82, 2.24) is 5.32 Å². The van der Waals surface area contributed by atoms with Gasteiger partial charge in [0.05, 0.1) is 0 Å². The van der Waals surface area contributed by atoms with E-state index in [1.165, 1.54) is 0 Å². The number of alkyl carbamates (subject to hydrolysis) is 1. The Morgan fingerprint density at radius 2 is 1.78 bits per heavy atom. The van der Waals surface area contributed by atoms with E-state index in [-0.39, 0.29) is 17.7 Å². The van der Waals surface area contributed by atoms with Gasteiger partial charge in [-0.3, -0.25) is 4.79 Å². The van der Waals surface area contributed by atoms with Gasteiger partial charge in [-0.15, -0.1) is 6.42 Å². The van der Waals surface area contributed by atoms with E-state index in [1.807, 2.05) is 20.8 Å². The lowest BCUT2D eigenvalue weighted by molar-refractivity contribution is -0.118. The number of ketones is 1. The molecule has 4 heteroatoms. The molecule has 1 saturated carbocycles. The summed E-state index contributed by atoms with van der Waals surface area (Å²) in [5.74, 6) is 2.02. The number of carbonyl (C=O) groups excluding carboxylic acids is 2. The van der Waals surface area contributed by atoms with Crippen LogP contribution in [-0.4, -0.2) is 23.5 Å². The predicted molar refractivity (Wildman–Crippen MR) is 69.0 cm³/mol. The number of Topliss-reactive ketones (excluding diaryl/α,β-unsaturated/α-hetero) is 1. The molecule has 0 saturated heterocycles. The first kappa shape index (κ1) is 14.6. The Kier molecular flexibility index (Phi) is 4.77. The molecule has 0 unspecified atom stereocenters. The third-order valence-electron chi connectivity index (χ3n) is 2.96. The number of terminal acetylenes is 1. The molecular weight excluding hydrogens is 230 g/mol. The predicted octanol–water partition coefficient (Wildman–Crippen LogP) is 2.27. The highest BCUT2D eigenvalue weighted by Crippen LogP contribution is 2.25. The topological polar surface area (TPSA) is 55.4 Å². The molecule has 1 amide bonds. The lowest BCUT2D eigenvalue weighted by Gasteiger charge is -2.28. The van der Waals surface area contributed by atoms with Gasteiger partial charge < -0.3 is 10.1 Å². The number of ether oxygens (including phenoxy) is 1. The molecule has 0 aromatic rings. The summed E-state index contributed by atoms with van der Waals surface area (Å²) in [7, 11) is 0. The summed E-state index contributed by atoms with van der Waals surface area (Å²) in [6.07, 6.45) is 7.73. The number of carbonyl (C=O) groups is 2. The van der Waals surface area contributed by atoms with Gasteiger partial charge in [0.15, 0.2) is 0 Å².